The molecule has 2 rings (SSSR count). The number of nitrogens with zero attached hydrogens (tertiary/aromatic N) is 3. The average molecular weight is 456 g/mol. The number of hydrogen-bond donors (Lipinski definition) is 3. The van der Waals surface area contributed by atoms with Crippen LogP contribution in [0, 0.1) is 0 Å². The molecule has 1 aromatic rings. The number of nitrogen functional groups attached to an aromatic ring is 1. The van der Waals surface area contributed by atoms with Crippen LogP contribution in [-0.2, 0) is 9.57 Å². The van der Waals surface area contributed by atoms with Crippen molar-refractivity contribution in [2.45, 2.75) is 40.5 Å². The second kappa shape index (κ2) is 25.8. The number of anilines is 1. The molecule has 1 aromatic heterocycles. The van der Waals surface area contributed by atoms with E-state index in [-0.39, 0.29) is 5.75 Å². The lowest BCUT2D eigenvalue weighted by Gasteiger charge is -2.25. The predicted molar refractivity (Wildman–Crippen MR) is 128 cm³/mol. The number of rotatable bonds is 5. The van der Waals surface area contributed by atoms with Crippen LogP contribution in [0.5, 0.6) is 5.75 Å². The molecule has 1 fully saturated rings. The number of unbranched alkanes of at least 4 members (excludes halogenated alkanes) is 1. The van der Waals surface area contributed by atoms with Gasteiger partial charge >= 0.3 is 0 Å². The van der Waals surface area contributed by atoms with E-state index in [2.05, 4.69) is 21.5 Å². The Morgan fingerprint density at radius 1 is 1.23 bits per heavy atom. The summed E-state index contributed by atoms with van der Waals surface area (Å²) in [5, 5.41) is 10.7. The molecular weight excluding hydrogens is 418 g/mol. The number of aromatic hydroxyl groups is 1. The van der Waals surface area contributed by atoms with Gasteiger partial charge in [-0.05, 0) is 44.0 Å². The molecule has 0 spiro atoms. The summed E-state index contributed by atoms with van der Waals surface area (Å²) >= 11 is 5.28. The zero-order valence-electron chi connectivity index (χ0n) is 19.1. The lowest BCUT2D eigenvalue weighted by Crippen LogP contribution is -2.43. The van der Waals surface area contributed by atoms with E-state index in [1.54, 1.807) is 16.8 Å². The van der Waals surface area contributed by atoms with Crippen molar-refractivity contribution in [3.05, 3.63) is 60.6 Å². The highest BCUT2D eigenvalue weighted by molar-refractivity contribution is 6.25. The average Bonchev–Trinajstić information content (AvgIpc) is 2.81. The Bertz CT molecular complexity index is 579. The molecule has 2 heterocycles. The third kappa shape index (κ3) is 23.9. The number of halogens is 1. The molecule has 8 nitrogen and oxygen atoms in total. The lowest BCUT2D eigenvalue weighted by atomic mass is 10.3. The Morgan fingerprint density at radius 2 is 1.97 bits per heavy atom. The maximum atomic E-state index is 9.11. The van der Waals surface area contributed by atoms with Gasteiger partial charge in [0.15, 0.2) is 0 Å². The number of nitrogens with one attached hydrogen (secondary N) is 1. The summed E-state index contributed by atoms with van der Waals surface area (Å²) in [4.78, 5) is 12.6. The van der Waals surface area contributed by atoms with E-state index < -0.39 is 0 Å². The predicted octanol–water partition coefficient (Wildman–Crippen LogP) is 4.74. The molecule has 0 bridgehead atoms. The van der Waals surface area contributed by atoms with Crippen LogP contribution in [0.1, 0.15) is 40.5 Å². The lowest BCUT2D eigenvalue weighted by molar-refractivity contribution is -0.282. The van der Waals surface area contributed by atoms with Gasteiger partial charge in [-0.3, -0.25) is 4.84 Å². The van der Waals surface area contributed by atoms with Crippen LogP contribution in [0.25, 0.3) is 0 Å². The normalized spacial score (nSPS) is 13.1. The first kappa shape index (κ1) is 31.0. The topological polar surface area (TPSA) is 106 Å². The first-order valence-corrected chi connectivity index (χ1v) is 10.7. The number of hydroxylamine groups is 1. The zero-order valence-corrected chi connectivity index (χ0v) is 19.8. The molecule has 1 aliphatic heterocycles. The summed E-state index contributed by atoms with van der Waals surface area (Å²) in [6.07, 6.45) is 11.1. The van der Waals surface area contributed by atoms with Gasteiger partial charge in [0.2, 0.25) is 0 Å². The highest BCUT2D eigenvalue weighted by Crippen LogP contribution is 2.02. The van der Waals surface area contributed by atoms with Gasteiger partial charge in [-0.15, -0.1) is 0 Å². The van der Waals surface area contributed by atoms with Crippen molar-refractivity contribution in [1.29, 1.82) is 0 Å². The number of ether oxygens (including phenoxy) is 1. The van der Waals surface area contributed by atoms with Crippen LogP contribution in [0.4, 0.5) is 5.82 Å². The van der Waals surface area contributed by atoms with E-state index in [9.17, 15) is 0 Å². The van der Waals surface area contributed by atoms with Gasteiger partial charge in [-0.1, -0.05) is 55.8 Å². The third-order valence-corrected chi connectivity index (χ3v) is 3.16. The van der Waals surface area contributed by atoms with Crippen LogP contribution in [0.2, 0.25) is 0 Å². The zero-order chi connectivity index (χ0) is 23.6. The Morgan fingerprint density at radius 3 is 2.58 bits per heavy atom. The van der Waals surface area contributed by atoms with Crippen molar-refractivity contribution in [2.24, 2.45) is 0 Å². The van der Waals surface area contributed by atoms with Gasteiger partial charge in [-0.25, -0.2) is 15.4 Å². The summed E-state index contributed by atoms with van der Waals surface area (Å²) in [5.41, 5.74) is 9.93. The first-order chi connectivity index (χ1) is 15.1. The summed E-state index contributed by atoms with van der Waals surface area (Å²) in [7, 11) is 0. The van der Waals surface area contributed by atoms with E-state index in [0.29, 0.717) is 25.8 Å². The largest absolute Gasteiger partial charge is 0.508 e. The fourth-order valence-corrected chi connectivity index (χ4v) is 1.81. The summed E-state index contributed by atoms with van der Waals surface area (Å²) in [5.74, 6) is 0.413. The van der Waals surface area contributed by atoms with Gasteiger partial charge in [0.1, 0.15) is 24.6 Å². The SMILES string of the molecule is C/C=C\CC/C=C/Cl.CC.CCNN1COCCO1.Nc1ccc(O)cccncn1. The number of hydrogen-bond acceptors (Lipinski definition) is 8. The fourth-order valence-electron chi connectivity index (χ4n) is 1.68. The minimum absolute atomic E-state index is 0.113. The van der Waals surface area contributed by atoms with E-state index in [0.717, 1.165) is 19.4 Å². The van der Waals surface area contributed by atoms with Crippen LogP contribution < -0.4 is 11.2 Å². The molecule has 0 atom stereocenters. The van der Waals surface area contributed by atoms with E-state index in [1.165, 1.54) is 30.7 Å². The molecule has 1 saturated heterocycles. The molecule has 9 heteroatoms. The monoisotopic (exact) mass is 455 g/mol. The van der Waals surface area contributed by atoms with Crippen LogP contribution >= 0.6 is 11.6 Å². The van der Waals surface area contributed by atoms with E-state index in [1.807, 2.05) is 39.8 Å². The van der Waals surface area contributed by atoms with Crippen molar-refractivity contribution in [2.75, 3.05) is 32.2 Å². The van der Waals surface area contributed by atoms with Crippen molar-refractivity contribution >= 4 is 17.4 Å². The Kier molecular flexibility index (Phi) is 25.8. The molecule has 31 heavy (non-hydrogen) atoms. The molecule has 4 N–H and O–H groups in total. The summed E-state index contributed by atoms with van der Waals surface area (Å²) in [6, 6.07) is 6.07. The molecule has 1 aliphatic rings. The maximum absolute atomic E-state index is 9.11. The van der Waals surface area contributed by atoms with Crippen molar-refractivity contribution in [3.63, 3.8) is 0 Å². The standard InChI is InChI=1S/C8H9N3O.C7H11Cl.C5H12N2O2.C2H6/c9-8-4-3-7(12)2-1-5-10-6-11-8;1-2-3-4-5-6-7-8;1-2-6-7-5-8-3-4-9-7;1-2/h1-6,12H,(H2,9,10,11);2-3,6-7H,4-5H2,1H3;6H,2-5H2,1H3;1-2H3/b;3-2-,7-6+;;. The summed E-state index contributed by atoms with van der Waals surface area (Å²) in [6.45, 7) is 10.8. The number of nitrogens with two attached hydrogens (primary N) is 1. The van der Waals surface area contributed by atoms with Crippen molar-refractivity contribution in [3.8, 4) is 5.75 Å². The van der Waals surface area contributed by atoms with Gasteiger partial charge in [0.25, 0.3) is 0 Å². The van der Waals surface area contributed by atoms with Crippen molar-refractivity contribution in [1.82, 2.24) is 20.6 Å². The highest BCUT2D eigenvalue weighted by Gasteiger charge is 2.07. The second-order valence-electron chi connectivity index (χ2n) is 5.35. The van der Waals surface area contributed by atoms with Gasteiger partial charge in [-0.2, -0.15) is 0 Å². The van der Waals surface area contributed by atoms with Crippen LogP contribution in [-0.4, -0.2) is 46.7 Å². The number of aromatic nitrogens is 2. The van der Waals surface area contributed by atoms with E-state index in [4.69, 9.17) is 32.0 Å². The maximum Gasteiger partial charge on any atom is 0.138 e. The number of allylic oxidation sites excluding steroid dienone is 3. The molecule has 0 unspecified atom stereocenters. The van der Waals surface area contributed by atoms with Gasteiger partial charge in [0, 0.05) is 18.3 Å². The molecule has 0 aliphatic carbocycles. The van der Waals surface area contributed by atoms with Gasteiger partial charge in [0.05, 0.1) is 13.2 Å². The number of hydrazine groups is 1. The molecule has 0 radical (unpaired) electrons. The Balaban J connectivity index is 0. The fraction of sp³-hybridized carbons (Fsp3) is 0.455. The van der Waals surface area contributed by atoms with Crippen molar-refractivity contribution < 1.29 is 14.7 Å². The highest BCUT2D eigenvalue weighted by atomic mass is 35.5. The molecule has 0 aromatic carbocycles. The second-order valence-corrected chi connectivity index (χ2v) is 5.61. The minimum atomic E-state index is 0.113. The molecule has 0 amide bonds. The Hall–Kier alpha value is -2.23. The van der Waals surface area contributed by atoms with Gasteiger partial charge < -0.3 is 15.6 Å². The first-order valence-electron chi connectivity index (χ1n) is 10.3. The smallest absolute Gasteiger partial charge is 0.138 e. The summed E-state index contributed by atoms with van der Waals surface area (Å²) < 4.78 is 5.07. The quantitative estimate of drug-likeness (QED) is 0.431. The molecular formula is C22H38ClN5O3. The minimum Gasteiger partial charge on any atom is -0.508 e. The van der Waals surface area contributed by atoms with Crippen LogP contribution in [0.3, 0.4) is 0 Å². The molecule has 176 valence electrons. The van der Waals surface area contributed by atoms with Crippen LogP contribution in [0.15, 0.2) is 60.6 Å². The van der Waals surface area contributed by atoms with E-state index >= 15 is 0 Å². The third-order valence-electron chi connectivity index (χ3n) is 2.98. The molecule has 0 saturated carbocycles. The Labute approximate surface area is 192 Å².